The molecule has 1 aliphatic rings. The molecule has 0 bridgehead atoms. The molecular weight excluding hydrogens is 138 g/mol. The van der Waals surface area contributed by atoms with E-state index in [0.29, 0.717) is 5.96 Å². The molecule has 0 spiro atoms. The van der Waals surface area contributed by atoms with Crippen LogP contribution >= 0.6 is 0 Å². The molecule has 1 rings (SSSR count). The molecule has 0 aromatic heterocycles. The summed E-state index contributed by atoms with van der Waals surface area (Å²) >= 11 is 0. The van der Waals surface area contributed by atoms with Crippen LogP contribution in [-0.2, 0) is 0 Å². The average molecular weight is 155 g/mol. The van der Waals surface area contributed by atoms with Crippen LogP contribution in [0.5, 0.6) is 0 Å². The Labute approximate surface area is 68.3 Å². The van der Waals surface area contributed by atoms with Crippen LogP contribution in [0.4, 0.5) is 0 Å². The first-order valence-electron chi connectivity index (χ1n) is 4.21. The molecule has 1 fully saturated rings. The Bertz CT molecular complexity index is 145. The maximum absolute atomic E-state index is 5.67. The van der Waals surface area contributed by atoms with E-state index in [4.69, 9.17) is 5.73 Å². The largest absolute Gasteiger partial charge is 0.370 e. The fourth-order valence-electron chi connectivity index (χ4n) is 1.38. The lowest BCUT2D eigenvalue weighted by Gasteiger charge is -2.30. The molecule has 11 heavy (non-hydrogen) atoms. The van der Waals surface area contributed by atoms with Crippen molar-refractivity contribution in [3.63, 3.8) is 0 Å². The molecule has 0 aromatic carbocycles. The van der Waals surface area contributed by atoms with E-state index in [0.717, 1.165) is 19.0 Å². The second-order valence-electron chi connectivity index (χ2n) is 3.25. The molecule has 2 N–H and O–H groups in total. The highest BCUT2D eigenvalue weighted by atomic mass is 15.2. The van der Waals surface area contributed by atoms with Gasteiger partial charge in [-0.15, -0.1) is 0 Å². The third kappa shape index (κ3) is 2.10. The Morgan fingerprint density at radius 3 is 2.45 bits per heavy atom. The highest BCUT2D eigenvalue weighted by Crippen LogP contribution is 2.15. The van der Waals surface area contributed by atoms with Crippen molar-refractivity contribution in [1.82, 2.24) is 4.90 Å². The molecule has 0 amide bonds. The Balaban J connectivity index is 2.39. The van der Waals surface area contributed by atoms with E-state index >= 15 is 0 Å². The Morgan fingerprint density at radius 1 is 1.45 bits per heavy atom. The zero-order valence-electron chi connectivity index (χ0n) is 7.38. The third-order valence-electron chi connectivity index (χ3n) is 2.34. The van der Waals surface area contributed by atoms with Crippen molar-refractivity contribution in [3.05, 3.63) is 0 Å². The predicted molar refractivity (Wildman–Crippen MR) is 47.5 cm³/mol. The number of nitrogens with two attached hydrogens (primary N) is 1. The van der Waals surface area contributed by atoms with E-state index in [1.165, 1.54) is 12.8 Å². The van der Waals surface area contributed by atoms with Crippen LogP contribution in [0.1, 0.15) is 19.8 Å². The summed E-state index contributed by atoms with van der Waals surface area (Å²) in [5.74, 6) is 1.55. The molecule has 1 aliphatic heterocycles. The molecule has 64 valence electrons. The normalized spacial score (nSPS) is 22.4. The summed E-state index contributed by atoms with van der Waals surface area (Å²) < 4.78 is 0. The second kappa shape index (κ2) is 3.60. The fraction of sp³-hybridized carbons (Fsp3) is 0.875. The Hall–Kier alpha value is -0.730. The first-order valence-corrected chi connectivity index (χ1v) is 4.21. The van der Waals surface area contributed by atoms with Crippen molar-refractivity contribution in [1.29, 1.82) is 0 Å². The van der Waals surface area contributed by atoms with Gasteiger partial charge < -0.3 is 10.6 Å². The number of likely N-dealkylation sites (tertiary alicyclic amines) is 1. The standard InChI is InChI=1S/C8H17N3/c1-7-3-5-11(6-4-7)8(9)10-2/h7H,3-6H2,1-2H3,(H2,9,10). The first kappa shape index (κ1) is 8.37. The van der Waals surface area contributed by atoms with Crippen LogP contribution in [0.2, 0.25) is 0 Å². The molecule has 1 saturated heterocycles. The van der Waals surface area contributed by atoms with Gasteiger partial charge in [-0.3, -0.25) is 4.99 Å². The van der Waals surface area contributed by atoms with Crippen molar-refractivity contribution in [2.45, 2.75) is 19.8 Å². The molecule has 0 atom stereocenters. The van der Waals surface area contributed by atoms with Crippen molar-refractivity contribution in [2.75, 3.05) is 20.1 Å². The number of aliphatic imine (C=N–C) groups is 1. The number of nitrogens with zero attached hydrogens (tertiary/aromatic N) is 2. The number of guanidine groups is 1. The Kier molecular flexibility index (Phi) is 2.74. The Morgan fingerprint density at radius 2 is 2.00 bits per heavy atom. The highest BCUT2D eigenvalue weighted by molar-refractivity contribution is 5.77. The van der Waals surface area contributed by atoms with E-state index < -0.39 is 0 Å². The van der Waals surface area contributed by atoms with Gasteiger partial charge in [-0.2, -0.15) is 0 Å². The van der Waals surface area contributed by atoms with Gasteiger partial charge in [0.25, 0.3) is 0 Å². The zero-order chi connectivity index (χ0) is 8.27. The van der Waals surface area contributed by atoms with Crippen LogP contribution in [0.15, 0.2) is 4.99 Å². The van der Waals surface area contributed by atoms with Crippen LogP contribution in [0, 0.1) is 5.92 Å². The van der Waals surface area contributed by atoms with E-state index in [-0.39, 0.29) is 0 Å². The minimum Gasteiger partial charge on any atom is -0.370 e. The van der Waals surface area contributed by atoms with E-state index in [1.54, 1.807) is 7.05 Å². The van der Waals surface area contributed by atoms with Crippen LogP contribution in [0.25, 0.3) is 0 Å². The number of piperidine rings is 1. The number of hydrogen-bond donors (Lipinski definition) is 1. The SMILES string of the molecule is CN=C(N)N1CCC(C)CC1. The fourth-order valence-corrected chi connectivity index (χ4v) is 1.38. The quantitative estimate of drug-likeness (QED) is 0.412. The number of hydrogen-bond acceptors (Lipinski definition) is 1. The van der Waals surface area contributed by atoms with Crippen LogP contribution in [0.3, 0.4) is 0 Å². The van der Waals surface area contributed by atoms with Crippen LogP contribution < -0.4 is 5.73 Å². The van der Waals surface area contributed by atoms with Gasteiger partial charge in [-0.1, -0.05) is 6.92 Å². The molecule has 0 radical (unpaired) electrons. The van der Waals surface area contributed by atoms with E-state index in [9.17, 15) is 0 Å². The molecule has 1 heterocycles. The third-order valence-corrected chi connectivity index (χ3v) is 2.34. The lowest BCUT2D eigenvalue weighted by molar-refractivity contribution is 0.278. The average Bonchev–Trinajstić information content (AvgIpc) is 2.05. The summed E-state index contributed by atoms with van der Waals surface area (Å²) in [5, 5.41) is 0. The predicted octanol–water partition coefficient (Wildman–Crippen LogP) is 0.663. The second-order valence-corrected chi connectivity index (χ2v) is 3.25. The molecule has 0 aromatic rings. The number of rotatable bonds is 0. The van der Waals surface area contributed by atoms with Crippen molar-refractivity contribution >= 4 is 5.96 Å². The molecule has 3 nitrogen and oxygen atoms in total. The maximum atomic E-state index is 5.67. The van der Waals surface area contributed by atoms with Gasteiger partial charge >= 0.3 is 0 Å². The summed E-state index contributed by atoms with van der Waals surface area (Å²) in [6.45, 7) is 4.44. The van der Waals surface area contributed by atoms with Gasteiger partial charge in [0.2, 0.25) is 0 Å². The van der Waals surface area contributed by atoms with Crippen molar-refractivity contribution in [3.8, 4) is 0 Å². The lowest BCUT2D eigenvalue weighted by Crippen LogP contribution is -2.42. The molecule has 3 heteroatoms. The van der Waals surface area contributed by atoms with Crippen LogP contribution in [-0.4, -0.2) is 31.0 Å². The van der Waals surface area contributed by atoms with E-state index in [2.05, 4.69) is 16.8 Å². The zero-order valence-corrected chi connectivity index (χ0v) is 7.38. The van der Waals surface area contributed by atoms with E-state index in [1.807, 2.05) is 0 Å². The van der Waals surface area contributed by atoms with Gasteiger partial charge in [0.1, 0.15) is 0 Å². The minimum atomic E-state index is 0.692. The molecule has 0 aliphatic carbocycles. The highest BCUT2D eigenvalue weighted by Gasteiger charge is 2.16. The summed E-state index contributed by atoms with van der Waals surface area (Å²) in [4.78, 5) is 6.11. The lowest BCUT2D eigenvalue weighted by atomic mass is 10.00. The minimum absolute atomic E-state index is 0.692. The maximum Gasteiger partial charge on any atom is 0.190 e. The van der Waals surface area contributed by atoms with Gasteiger partial charge in [-0.05, 0) is 18.8 Å². The van der Waals surface area contributed by atoms with Gasteiger partial charge in [0.15, 0.2) is 5.96 Å². The van der Waals surface area contributed by atoms with Gasteiger partial charge in [0.05, 0.1) is 0 Å². The monoisotopic (exact) mass is 155 g/mol. The molecule has 0 saturated carbocycles. The van der Waals surface area contributed by atoms with Gasteiger partial charge in [-0.25, -0.2) is 0 Å². The molecule has 0 unspecified atom stereocenters. The topological polar surface area (TPSA) is 41.6 Å². The summed E-state index contributed by atoms with van der Waals surface area (Å²) in [6, 6.07) is 0. The van der Waals surface area contributed by atoms with Crippen molar-refractivity contribution in [2.24, 2.45) is 16.6 Å². The molecular formula is C8H17N3. The van der Waals surface area contributed by atoms with Crippen molar-refractivity contribution < 1.29 is 0 Å². The van der Waals surface area contributed by atoms with Gasteiger partial charge in [0, 0.05) is 20.1 Å². The summed E-state index contributed by atoms with van der Waals surface area (Å²) in [6.07, 6.45) is 2.49. The first-order chi connectivity index (χ1) is 5.24. The summed E-state index contributed by atoms with van der Waals surface area (Å²) in [5.41, 5.74) is 5.67. The summed E-state index contributed by atoms with van der Waals surface area (Å²) in [7, 11) is 1.74. The smallest absolute Gasteiger partial charge is 0.190 e.